The van der Waals surface area contributed by atoms with Crippen LogP contribution in [0.5, 0.6) is 0 Å². The Balaban J connectivity index is 2.09. The molecule has 1 aromatic carbocycles. The summed E-state index contributed by atoms with van der Waals surface area (Å²) in [5.41, 5.74) is 1.40. The van der Waals surface area contributed by atoms with Gasteiger partial charge in [0.2, 0.25) is 0 Å². The minimum absolute atomic E-state index is 0.523. The van der Waals surface area contributed by atoms with Crippen molar-refractivity contribution in [3.05, 3.63) is 34.9 Å². The van der Waals surface area contributed by atoms with Crippen LogP contribution in [-0.4, -0.2) is 31.6 Å². The Labute approximate surface area is 122 Å². The van der Waals surface area contributed by atoms with Gasteiger partial charge in [0.1, 0.15) is 0 Å². The van der Waals surface area contributed by atoms with Crippen molar-refractivity contribution >= 4 is 11.6 Å². The van der Waals surface area contributed by atoms with Crippen LogP contribution in [0.1, 0.15) is 37.8 Å². The molecule has 106 valence electrons. The van der Waals surface area contributed by atoms with Crippen molar-refractivity contribution in [2.45, 2.75) is 32.2 Å². The fourth-order valence-electron chi connectivity index (χ4n) is 3.12. The van der Waals surface area contributed by atoms with Gasteiger partial charge in [0.25, 0.3) is 0 Å². The highest BCUT2D eigenvalue weighted by atomic mass is 35.5. The molecule has 3 heteroatoms. The maximum Gasteiger partial charge on any atom is 0.0406 e. The van der Waals surface area contributed by atoms with Gasteiger partial charge < -0.3 is 5.32 Å². The fraction of sp³-hybridized carbons (Fsp3) is 0.625. The minimum Gasteiger partial charge on any atom is -0.316 e. The normalized spacial score (nSPS) is 24.6. The van der Waals surface area contributed by atoms with Crippen molar-refractivity contribution in [1.29, 1.82) is 0 Å². The highest BCUT2D eigenvalue weighted by molar-refractivity contribution is 6.30. The number of nitrogens with zero attached hydrogens (tertiary/aromatic N) is 1. The average Bonchev–Trinajstić information content (AvgIpc) is 2.41. The molecule has 2 atom stereocenters. The van der Waals surface area contributed by atoms with Crippen LogP contribution in [0.3, 0.4) is 0 Å². The third-order valence-corrected chi connectivity index (χ3v) is 4.30. The molecule has 1 N–H and O–H groups in total. The minimum atomic E-state index is 0.523. The van der Waals surface area contributed by atoms with Crippen LogP contribution < -0.4 is 5.32 Å². The molecule has 1 aliphatic rings. The summed E-state index contributed by atoms with van der Waals surface area (Å²) >= 11 is 6.00. The molecular formula is C16H25ClN2. The van der Waals surface area contributed by atoms with E-state index in [0.717, 1.165) is 18.1 Å². The number of hydrogen-bond acceptors (Lipinski definition) is 2. The van der Waals surface area contributed by atoms with E-state index < -0.39 is 0 Å². The van der Waals surface area contributed by atoms with Crippen molar-refractivity contribution in [1.82, 2.24) is 10.2 Å². The zero-order valence-electron chi connectivity index (χ0n) is 12.0. The lowest BCUT2D eigenvalue weighted by atomic mass is 9.85. The molecule has 2 nitrogen and oxygen atoms in total. The summed E-state index contributed by atoms with van der Waals surface area (Å²) in [5, 5.41) is 4.41. The van der Waals surface area contributed by atoms with Crippen molar-refractivity contribution in [3.8, 4) is 0 Å². The van der Waals surface area contributed by atoms with Crippen molar-refractivity contribution < 1.29 is 0 Å². The van der Waals surface area contributed by atoms with Gasteiger partial charge in [0.05, 0.1) is 0 Å². The quantitative estimate of drug-likeness (QED) is 0.827. The largest absolute Gasteiger partial charge is 0.316 e. The predicted octanol–water partition coefficient (Wildman–Crippen LogP) is 3.72. The summed E-state index contributed by atoms with van der Waals surface area (Å²) in [5.74, 6) is 0.700. The van der Waals surface area contributed by atoms with Gasteiger partial charge in [-0.1, -0.05) is 30.7 Å². The lowest BCUT2D eigenvalue weighted by Gasteiger charge is -2.39. The van der Waals surface area contributed by atoms with Gasteiger partial charge in [-0.3, -0.25) is 4.90 Å². The second-order valence-electron chi connectivity index (χ2n) is 5.58. The van der Waals surface area contributed by atoms with E-state index in [1.54, 1.807) is 0 Å². The Hall–Kier alpha value is -0.570. The van der Waals surface area contributed by atoms with Crippen LogP contribution in [0, 0.1) is 5.92 Å². The predicted molar refractivity (Wildman–Crippen MR) is 82.7 cm³/mol. The molecule has 1 aromatic rings. The zero-order valence-corrected chi connectivity index (χ0v) is 12.8. The first-order valence-electron chi connectivity index (χ1n) is 7.38. The van der Waals surface area contributed by atoms with E-state index in [0.29, 0.717) is 12.0 Å². The number of benzene rings is 1. The molecule has 1 heterocycles. The topological polar surface area (TPSA) is 15.3 Å². The number of hydrogen-bond donors (Lipinski definition) is 1. The molecule has 1 saturated heterocycles. The maximum absolute atomic E-state index is 6.00. The summed E-state index contributed by atoms with van der Waals surface area (Å²) in [7, 11) is 2.24. The van der Waals surface area contributed by atoms with Crippen LogP contribution in [0.15, 0.2) is 24.3 Å². The van der Waals surface area contributed by atoms with Crippen LogP contribution >= 0.6 is 11.6 Å². The summed E-state index contributed by atoms with van der Waals surface area (Å²) in [6.45, 7) is 5.65. The molecule has 1 aliphatic heterocycles. The van der Waals surface area contributed by atoms with Crippen molar-refractivity contribution in [2.24, 2.45) is 5.92 Å². The summed E-state index contributed by atoms with van der Waals surface area (Å²) in [6, 6.07) is 8.91. The SMILES string of the molecule is CCCNCC1CCCN(C)C1c1ccc(Cl)cc1. The molecule has 19 heavy (non-hydrogen) atoms. The van der Waals surface area contributed by atoms with Crippen molar-refractivity contribution in [3.63, 3.8) is 0 Å². The summed E-state index contributed by atoms with van der Waals surface area (Å²) in [6.07, 6.45) is 3.82. The number of likely N-dealkylation sites (tertiary alicyclic amines) is 1. The van der Waals surface area contributed by atoms with Gasteiger partial charge in [-0.2, -0.15) is 0 Å². The number of nitrogens with one attached hydrogen (secondary N) is 1. The number of halogens is 1. The first-order valence-corrected chi connectivity index (χ1v) is 7.76. The molecule has 1 fully saturated rings. The van der Waals surface area contributed by atoms with E-state index in [2.05, 4.69) is 36.3 Å². The number of rotatable bonds is 5. The lowest BCUT2D eigenvalue weighted by molar-refractivity contribution is 0.119. The third kappa shape index (κ3) is 3.95. The second-order valence-corrected chi connectivity index (χ2v) is 6.02. The first-order chi connectivity index (χ1) is 9.22. The van der Waals surface area contributed by atoms with Gasteiger partial charge in [-0.25, -0.2) is 0 Å². The average molecular weight is 281 g/mol. The third-order valence-electron chi connectivity index (χ3n) is 4.05. The van der Waals surface area contributed by atoms with E-state index in [1.807, 2.05) is 12.1 Å². The molecular weight excluding hydrogens is 256 g/mol. The molecule has 0 aromatic heterocycles. The Bertz CT molecular complexity index is 377. The zero-order chi connectivity index (χ0) is 13.7. The Morgan fingerprint density at radius 1 is 1.32 bits per heavy atom. The molecule has 0 aliphatic carbocycles. The van der Waals surface area contributed by atoms with E-state index in [4.69, 9.17) is 11.6 Å². The maximum atomic E-state index is 6.00. The monoisotopic (exact) mass is 280 g/mol. The van der Waals surface area contributed by atoms with Crippen LogP contribution in [-0.2, 0) is 0 Å². The summed E-state index contributed by atoms with van der Waals surface area (Å²) < 4.78 is 0. The van der Waals surface area contributed by atoms with E-state index >= 15 is 0 Å². The highest BCUT2D eigenvalue weighted by Gasteiger charge is 2.29. The van der Waals surface area contributed by atoms with Gasteiger partial charge in [-0.15, -0.1) is 0 Å². The number of piperidine rings is 1. The lowest BCUT2D eigenvalue weighted by Crippen LogP contribution is -2.40. The fourth-order valence-corrected chi connectivity index (χ4v) is 3.25. The molecule has 0 radical (unpaired) electrons. The van der Waals surface area contributed by atoms with Crippen LogP contribution in [0.25, 0.3) is 0 Å². The van der Waals surface area contributed by atoms with Gasteiger partial charge in [0.15, 0.2) is 0 Å². The standard InChI is InChI=1S/C16H25ClN2/c1-3-10-18-12-14-5-4-11-19(2)16(14)13-6-8-15(17)9-7-13/h6-9,14,16,18H,3-5,10-12H2,1-2H3. The van der Waals surface area contributed by atoms with Crippen molar-refractivity contribution in [2.75, 3.05) is 26.7 Å². The van der Waals surface area contributed by atoms with E-state index in [1.165, 1.54) is 31.4 Å². The molecule has 0 saturated carbocycles. The van der Waals surface area contributed by atoms with E-state index in [-0.39, 0.29) is 0 Å². The first kappa shape index (κ1) is 14.8. The Kier molecular flexibility index (Phi) is 5.68. The Morgan fingerprint density at radius 2 is 2.05 bits per heavy atom. The second kappa shape index (κ2) is 7.28. The molecule has 2 rings (SSSR count). The van der Waals surface area contributed by atoms with Gasteiger partial charge >= 0.3 is 0 Å². The molecule has 0 bridgehead atoms. The van der Waals surface area contributed by atoms with Gasteiger partial charge in [0, 0.05) is 11.1 Å². The smallest absolute Gasteiger partial charge is 0.0406 e. The van der Waals surface area contributed by atoms with Gasteiger partial charge in [-0.05, 0) is 69.6 Å². The Morgan fingerprint density at radius 3 is 2.74 bits per heavy atom. The molecule has 2 unspecified atom stereocenters. The highest BCUT2D eigenvalue weighted by Crippen LogP contribution is 2.35. The molecule has 0 spiro atoms. The van der Waals surface area contributed by atoms with Crippen LogP contribution in [0.4, 0.5) is 0 Å². The van der Waals surface area contributed by atoms with E-state index in [9.17, 15) is 0 Å². The van der Waals surface area contributed by atoms with Crippen LogP contribution in [0.2, 0.25) is 5.02 Å². The summed E-state index contributed by atoms with van der Waals surface area (Å²) in [4.78, 5) is 2.49. The molecule has 0 amide bonds.